The van der Waals surface area contributed by atoms with Gasteiger partial charge >= 0.3 is 0 Å². The summed E-state index contributed by atoms with van der Waals surface area (Å²) in [5.74, 6) is 0.522. The van der Waals surface area contributed by atoms with Crippen LogP contribution in [0.3, 0.4) is 0 Å². The molecule has 4 N–H and O–H groups in total. The minimum atomic E-state index is -4.19. The van der Waals surface area contributed by atoms with Gasteiger partial charge in [0.25, 0.3) is 10.1 Å². The van der Waals surface area contributed by atoms with E-state index in [1.165, 1.54) is 24.3 Å². The highest BCUT2D eigenvalue weighted by atomic mass is 35.5. The summed E-state index contributed by atoms with van der Waals surface area (Å²) in [4.78, 5) is -0.181. The van der Waals surface area contributed by atoms with E-state index < -0.39 is 15.6 Å². The lowest BCUT2D eigenvalue weighted by molar-refractivity contribution is 0.261. The molecule has 7 nitrogen and oxygen atoms in total. The minimum Gasteiger partial charge on any atom is -0.341 e. The highest BCUT2D eigenvalue weighted by molar-refractivity contribution is 7.85. The number of hydrazine groups is 2. The molecule has 1 aliphatic heterocycles. The Bertz CT molecular complexity index is 590. The molecule has 0 aliphatic carbocycles. The molecular formula is C9H10Cl2N4O3S. The fourth-order valence-electron chi connectivity index (χ4n) is 1.40. The van der Waals surface area contributed by atoms with Crippen molar-refractivity contribution in [1.29, 1.82) is 0 Å². The lowest BCUT2D eigenvalue weighted by Gasteiger charge is -2.27. The molecule has 0 saturated carbocycles. The summed E-state index contributed by atoms with van der Waals surface area (Å²) in [5, 5.41) is 2.94. The molecule has 1 aromatic carbocycles. The van der Waals surface area contributed by atoms with Gasteiger partial charge in [0.15, 0.2) is 0 Å². The quantitative estimate of drug-likeness (QED) is 0.287. The highest BCUT2D eigenvalue weighted by Gasteiger charge is 2.15. The first-order valence-electron chi connectivity index (χ1n) is 5.04. The van der Waals surface area contributed by atoms with Crippen LogP contribution in [0.5, 0.6) is 0 Å². The van der Waals surface area contributed by atoms with Crippen LogP contribution in [-0.2, 0) is 10.1 Å². The molecule has 1 atom stereocenters. The van der Waals surface area contributed by atoms with E-state index in [9.17, 15) is 8.42 Å². The Morgan fingerprint density at radius 2 is 1.95 bits per heavy atom. The summed E-state index contributed by atoms with van der Waals surface area (Å²) in [5.41, 5.74) is 5.49. The molecule has 0 aromatic heterocycles. The van der Waals surface area contributed by atoms with Crippen LogP contribution < -0.4 is 16.2 Å². The molecule has 0 amide bonds. The van der Waals surface area contributed by atoms with Gasteiger partial charge in [0.05, 0.1) is 4.90 Å². The fraction of sp³-hybridized carbons (Fsp3) is 0.111. The number of nitrogens with zero attached hydrogens (tertiary/aromatic N) is 1. The number of nitrogens with one attached hydrogen (secondary N) is 3. The Morgan fingerprint density at radius 3 is 2.47 bits per heavy atom. The van der Waals surface area contributed by atoms with Crippen LogP contribution in [0, 0.1) is 0 Å². The van der Waals surface area contributed by atoms with Crippen LogP contribution in [0.1, 0.15) is 0 Å². The van der Waals surface area contributed by atoms with Gasteiger partial charge < -0.3 is 5.32 Å². The first kappa shape index (κ1) is 14.4. The van der Waals surface area contributed by atoms with E-state index in [2.05, 4.69) is 16.2 Å². The van der Waals surface area contributed by atoms with E-state index >= 15 is 0 Å². The average molecular weight is 325 g/mol. The maximum absolute atomic E-state index is 10.9. The number of anilines is 1. The van der Waals surface area contributed by atoms with Crippen LogP contribution in [-0.4, -0.2) is 23.1 Å². The standard InChI is InChI=1S/C9H10Cl2N4O3S/c10-8-5-9(14-15(11)13-8)12-6-1-3-7(4-2-6)19(16,17)18/h1-5,8,12-14H,(H,16,17,18). The van der Waals surface area contributed by atoms with Crippen LogP contribution in [0.15, 0.2) is 41.1 Å². The molecule has 2 rings (SSSR count). The third-order valence-electron chi connectivity index (χ3n) is 2.20. The molecule has 10 heteroatoms. The van der Waals surface area contributed by atoms with Gasteiger partial charge in [0.1, 0.15) is 11.3 Å². The van der Waals surface area contributed by atoms with Gasteiger partial charge in [0.2, 0.25) is 0 Å². The number of rotatable bonds is 3. The summed E-state index contributed by atoms with van der Waals surface area (Å²) in [6.45, 7) is 0. The first-order valence-corrected chi connectivity index (χ1v) is 7.25. The summed E-state index contributed by atoms with van der Waals surface area (Å²) in [7, 11) is -4.19. The van der Waals surface area contributed by atoms with Gasteiger partial charge in [-0.1, -0.05) is 16.2 Å². The van der Waals surface area contributed by atoms with Gasteiger partial charge in [-0.15, -0.1) is 0 Å². The molecule has 0 radical (unpaired) electrons. The van der Waals surface area contributed by atoms with E-state index in [0.717, 1.165) is 4.64 Å². The van der Waals surface area contributed by atoms with E-state index in [1.807, 2.05) is 0 Å². The zero-order chi connectivity index (χ0) is 14.0. The van der Waals surface area contributed by atoms with Crippen molar-refractivity contribution in [3.63, 3.8) is 0 Å². The fourth-order valence-corrected chi connectivity index (χ4v) is 2.35. The lowest BCUT2D eigenvalue weighted by atomic mass is 10.3. The summed E-state index contributed by atoms with van der Waals surface area (Å²) in [6.07, 6.45) is 1.64. The Balaban J connectivity index is 2.12. The van der Waals surface area contributed by atoms with Crippen molar-refractivity contribution in [2.75, 3.05) is 5.32 Å². The normalized spacial score (nSPS) is 20.6. The minimum absolute atomic E-state index is 0.181. The van der Waals surface area contributed by atoms with E-state index in [4.69, 9.17) is 27.9 Å². The third kappa shape index (κ3) is 3.96. The number of alkyl halides is 1. The third-order valence-corrected chi connectivity index (χ3v) is 3.47. The van der Waals surface area contributed by atoms with Crippen molar-refractivity contribution in [3.05, 3.63) is 36.2 Å². The van der Waals surface area contributed by atoms with Crippen molar-refractivity contribution in [3.8, 4) is 0 Å². The van der Waals surface area contributed by atoms with Crippen molar-refractivity contribution < 1.29 is 13.0 Å². The van der Waals surface area contributed by atoms with E-state index in [1.54, 1.807) is 6.08 Å². The molecule has 0 bridgehead atoms. The second-order valence-corrected chi connectivity index (χ2v) is 5.86. The Morgan fingerprint density at radius 1 is 1.32 bits per heavy atom. The van der Waals surface area contributed by atoms with Gasteiger partial charge in [-0.05, 0) is 30.3 Å². The second-order valence-electron chi connectivity index (χ2n) is 3.63. The Kier molecular flexibility index (Phi) is 4.19. The molecule has 0 spiro atoms. The Hall–Kier alpha value is -1.03. The number of halogens is 2. The molecule has 19 heavy (non-hydrogen) atoms. The van der Waals surface area contributed by atoms with Crippen LogP contribution in [0.2, 0.25) is 0 Å². The first-order chi connectivity index (χ1) is 8.84. The predicted molar refractivity (Wildman–Crippen MR) is 71.6 cm³/mol. The predicted octanol–water partition coefficient (Wildman–Crippen LogP) is 1.23. The van der Waals surface area contributed by atoms with E-state index in [-0.39, 0.29) is 4.90 Å². The van der Waals surface area contributed by atoms with Crippen molar-refractivity contribution in [2.45, 2.75) is 10.4 Å². The van der Waals surface area contributed by atoms with Gasteiger partial charge in [0, 0.05) is 17.5 Å². The van der Waals surface area contributed by atoms with Gasteiger partial charge in [-0.3, -0.25) is 9.98 Å². The van der Waals surface area contributed by atoms with Crippen LogP contribution in [0.4, 0.5) is 5.69 Å². The molecule has 1 aromatic rings. The number of hydrogen-bond acceptors (Lipinski definition) is 6. The second kappa shape index (κ2) is 5.53. The topological polar surface area (TPSA) is 93.7 Å². The monoisotopic (exact) mass is 324 g/mol. The maximum Gasteiger partial charge on any atom is 0.294 e. The summed E-state index contributed by atoms with van der Waals surface area (Å²) in [6, 6.07) is 5.54. The zero-order valence-corrected chi connectivity index (χ0v) is 11.7. The summed E-state index contributed by atoms with van der Waals surface area (Å²) >= 11 is 11.5. The smallest absolute Gasteiger partial charge is 0.294 e. The molecule has 1 unspecified atom stereocenters. The molecule has 0 saturated heterocycles. The van der Waals surface area contributed by atoms with Crippen LogP contribution >= 0.6 is 23.4 Å². The molecule has 1 aliphatic rings. The van der Waals surface area contributed by atoms with Gasteiger partial charge in [-0.25, -0.2) is 5.43 Å². The van der Waals surface area contributed by atoms with Gasteiger partial charge in [-0.2, -0.15) is 8.42 Å². The molecule has 104 valence electrons. The van der Waals surface area contributed by atoms with Crippen molar-refractivity contribution in [2.24, 2.45) is 0 Å². The van der Waals surface area contributed by atoms with Crippen LogP contribution in [0.25, 0.3) is 0 Å². The summed E-state index contributed by atoms with van der Waals surface area (Å²) < 4.78 is 31.7. The molecular weight excluding hydrogens is 315 g/mol. The maximum atomic E-state index is 10.9. The lowest BCUT2D eigenvalue weighted by Crippen LogP contribution is -2.49. The number of hydrogen-bond donors (Lipinski definition) is 4. The SMILES string of the molecule is O=S(=O)(O)c1ccc(NC2=CC(Cl)NN(Cl)N2)cc1. The molecule has 1 heterocycles. The highest BCUT2D eigenvalue weighted by Crippen LogP contribution is 2.16. The largest absolute Gasteiger partial charge is 0.341 e. The van der Waals surface area contributed by atoms with E-state index in [0.29, 0.717) is 11.5 Å². The van der Waals surface area contributed by atoms with Crippen molar-refractivity contribution >= 4 is 39.2 Å². The molecule has 0 fully saturated rings. The average Bonchev–Trinajstić information content (AvgIpc) is 2.26. The Labute approximate surface area is 120 Å². The van der Waals surface area contributed by atoms with Crippen molar-refractivity contribution in [1.82, 2.24) is 15.5 Å². The zero-order valence-electron chi connectivity index (χ0n) is 9.34. The number of benzene rings is 1.